The van der Waals surface area contributed by atoms with Crippen LogP contribution in [0.15, 0.2) is 36.4 Å². The third-order valence-electron chi connectivity index (χ3n) is 4.07. The smallest absolute Gasteiger partial charge is 0.314 e. The summed E-state index contributed by atoms with van der Waals surface area (Å²) >= 11 is 0. The zero-order chi connectivity index (χ0) is 11.2. The largest absolute Gasteiger partial charge is 0.481 e. The molecule has 0 bridgehead atoms. The minimum atomic E-state index is -0.660. The molecule has 2 atom stereocenters. The topological polar surface area (TPSA) is 37.3 Å². The van der Waals surface area contributed by atoms with Gasteiger partial charge < -0.3 is 5.11 Å². The van der Waals surface area contributed by atoms with Gasteiger partial charge in [-0.1, -0.05) is 36.4 Å². The summed E-state index contributed by atoms with van der Waals surface area (Å²) in [5.41, 5.74) is 1.61. The van der Waals surface area contributed by atoms with E-state index in [1.54, 1.807) is 0 Å². The van der Waals surface area contributed by atoms with Crippen molar-refractivity contribution in [2.75, 3.05) is 0 Å². The van der Waals surface area contributed by atoms with E-state index < -0.39 is 11.4 Å². The highest BCUT2D eigenvalue weighted by molar-refractivity contribution is 5.84. The minimum absolute atomic E-state index is 0.243. The standard InChI is InChI=1S/C14H14O2/c15-13(16)14-8-4-3-6-11(14)9-10-5-1-2-7-12(10)14/h1-5,7,11H,6,8-9H2,(H,15,16)/t11-,14+/m0/s1. The fourth-order valence-corrected chi connectivity index (χ4v) is 3.26. The van der Waals surface area contributed by atoms with Crippen LogP contribution in [0.5, 0.6) is 0 Å². The van der Waals surface area contributed by atoms with E-state index in [9.17, 15) is 9.90 Å². The Morgan fingerprint density at radius 3 is 2.94 bits per heavy atom. The minimum Gasteiger partial charge on any atom is -0.481 e. The van der Waals surface area contributed by atoms with Crippen LogP contribution in [-0.2, 0) is 16.6 Å². The SMILES string of the molecule is O=C(O)[C@]12CC=CC[C@H]1Cc1ccccc12. The summed E-state index contributed by atoms with van der Waals surface area (Å²) in [6.07, 6.45) is 6.59. The summed E-state index contributed by atoms with van der Waals surface area (Å²) in [4.78, 5) is 11.7. The van der Waals surface area contributed by atoms with Crippen LogP contribution in [0.1, 0.15) is 24.0 Å². The van der Waals surface area contributed by atoms with Crippen molar-refractivity contribution in [1.82, 2.24) is 0 Å². The summed E-state index contributed by atoms with van der Waals surface area (Å²) in [5, 5.41) is 9.61. The second-order valence-electron chi connectivity index (χ2n) is 4.75. The molecule has 0 aliphatic heterocycles. The van der Waals surface area contributed by atoms with Gasteiger partial charge in [-0.3, -0.25) is 4.79 Å². The Balaban J connectivity index is 2.21. The van der Waals surface area contributed by atoms with Crippen molar-refractivity contribution in [3.63, 3.8) is 0 Å². The average molecular weight is 214 g/mol. The highest BCUT2D eigenvalue weighted by Crippen LogP contribution is 2.49. The van der Waals surface area contributed by atoms with E-state index in [1.165, 1.54) is 5.56 Å². The quantitative estimate of drug-likeness (QED) is 0.729. The highest BCUT2D eigenvalue weighted by atomic mass is 16.4. The maximum atomic E-state index is 11.7. The molecule has 2 aliphatic carbocycles. The number of aliphatic carboxylic acids is 1. The molecule has 0 saturated heterocycles. The molecule has 1 aromatic carbocycles. The van der Waals surface area contributed by atoms with Gasteiger partial charge in [0.2, 0.25) is 0 Å². The van der Waals surface area contributed by atoms with Crippen molar-refractivity contribution in [2.24, 2.45) is 5.92 Å². The first-order valence-corrected chi connectivity index (χ1v) is 5.72. The van der Waals surface area contributed by atoms with Gasteiger partial charge in [-0.25, -0.2) is 0 Å². The number of carboxylic acid groups (broad SMARTS) is 1. The highest BCUT2D eigenvalue weighted by Gasteiger charge is 2.52. The Morgan fingerprint density at radius 1 is 1.31 bits per heavy atom. The first kappa shape index (κ1) is 9.64. The number of fused-ring (bicyclic) bond motifs is 3. The molecule has 2 aliphatic rings. The molecule has 2 heteroatoms. The van der Waals surface area contributed by atoms with Crippen LogP contribution in [0.4, 0.5) is 0 Å². The van der Waals surface area contributed by atoms with Crippen LogP contribution in [0.2, 0.25) is 0 Å². The molecule has 0 heterocycles. The summed E-state index contributed by atoms with van der Waals surface area (Å²) in [6, 6.07) is 8.00. The molecule has 1 N–H and O–H groups in total. The molecule has 2 nitrogen and oxygen atoms in total. The number of benzene rings is 1. The van der Waals surface area contributed by atoms with Crippen molar-refractivity contribution in [3.05, 3.63) is 47.5 Å². The van der Waals surface area contributed by atoms with E-state index in [1.807, 2.05) is 24.3 Å². The van der Waals surface area contributed by atoms with Crippen molar-refractivity contribution in [2.45, 2.75) is 24.7 Å². The lowest BCUT2D eigenvalue weighted by Crippen LogP contribution is -2.41. The predicted octanol–water partition coefficient (Wildman–Crippen LogP) is 2.53. The monoisotopic (exact) mass is 214 g/mol. The van der Waals surface area contributed by atoms with Gasteiger partial charge >= 0.3 is 5.97 Å². The summed E-state index contributed by atoms with van der Waals surface area (Å²) < 4.78 is 0. The van der Waals surface area contributed by atoms with Crippen LogP contribution < -0.4 is 0 Å². The van der Waals surface area contributed by atoms with Crippen LogP contribution >= 0.6 is 0 Å². The maximum absolute atomic E-state index is 11.7. The van der Waals surface area contributed by atoms with Gasteiger partial charge in [0.25, 0.3) is 0 Å². The van der Waals surface area contributed by atoms with Gasteiger partial charge in [-0.2, -0.15) is 0 Å². The second-order valence-corrected chi connectivity index (χ2v) is 4.75. The summed E-state index contributed by atoms with van der Waals surface area (Å²) in [5.74, 6) is -0.417. The first-order chi connectivity index (χ1) is 7.75. The molecule has 0 fully saturated rings. The molecule has 0 unspecified atom stereocenters. The van der Waals surface area contributed by atoms with Gasteiger partial charge in [0, 0.05) is 0 Å². The third kappa shape index (κ3) is 1.04. The van der Waals surface area contributed by atoms with Crippen LogP contribution in [0, 0.1) is 5.92 Å². The Hall–Kier alpha value is -1.57. The lowest BCUT2D eigenvalue weighted by atomic mass is 9.68. The number of rotatable bonds is 1. The number of carbonyl (C=O) groups is 1. The predicted molar refractivity (Wildman–Crippen MR) is 61.3 cm³/mol. The van der Waals surface area contributed by atoms with Gasteiger partial charge in [0.05, 0.1) is 5.41 Å². The van der Waals surface area contributed by atoms with E-state index in [4.69, 9.17) is 0 Å². The zero-order valence-corrected chi connectivity index (χ0v) is 9.02. The van der Waals surface area contributed by atoms with Crippen molar-refractivity contribution in [3.8, 4) is 0 Å². The van der Waals surface area contributed by atoms with E-state index in [-0.39, 0.29) is 5.92 Å². The Labute approximate surface area is 94.6 Å². The second kappa shape index (κ2) is 3.21. The molecule has 0 radical (unpaired) electrons. The normalized spacial score (nSPS) is 30.9. The molecule has 82 valence electrons. The lowest BCUT2D eigenvalue weighted by Gasteiger charge is -2.33. The Bertz CT molecular complexity index is 475. The molecule has 0 amide bonds. The van der Waals surface area contributed by atoms with Crippen molar-refractivity contribution >= 4 is 5.97 Å². The Morgan fingerprint density at radius 2 is 2.12 bits per heavy atom. The average Bonchev–Trinajstić information content (AvgIpc) is 2.64. The molecular formula is C14H14O2. The zero-order valence-electron chi connectivity index (χ0n) is 9.02. The summed E-state index contributed by atoms with van der Waals surface area (Å²) in [7, 11) is 0. The van der Waals surface area contributed by atoms with Crippen molar-refractivity contribution in [1.29, 1.82) is 0 Å². The van der Waals surface area contributed by atoms with E-state index in [2.05, 4.69) is 12.1 Å². The van der Waals surface area contributed by atoms with Crippen LogP contribution in [-0.4, -0.2) is 11.1 Å². The fraction of sp³-hybridized carbons (Fsp3) is 0.357. The molecule has 0 spiro atoms. The Kier molecular flexibility index (Phi) is 1.93. The maximum Gasteiger partial charge on any atom is 0.314 e. The summed E-state index contributed by atoms with van der Waals surface area (Å²) in [6.45, 7) is 0. The third-order valence-corrected chi connectivity index (χ3v) is 4.07. The van der Waals surface area contributed by atoms with Gasteiger partial charge in [0.15, 0.2) is 0 Å². The van der Waals surface area contributed by atoms with E-state index in [0.717, 1.165) is 18.4 Å². The number of hydrogen-bond donors (Lipinski definition) is 1. The molecule has 16 heavy (non-hydrogen) atoms. The van der Waals surface area contributed by atoms with Crippen LogP contribution in [0.3, 0.4) is 0 Å². The number of allylic oxidation sites excluding steroid dienone is 2. The number of carboxylic acids is 1. The number of hydrogen-bond acceptors (Lipinski definition) is 1. The molecule has 0 aromatic heterocycles. The molecule has 0 saturated carbocycles. The van der Waals surface area contributed by atoms with Gasteiger partial charge in [-0.05, 0) is 36.3 Å². The van der Waals surface area contributed by atoms with E-state index >= 15 is 0 Å². The van der Waals surface area contributed by atoms with Gasteiger partial charge in [-0.15, -0.1) is 0 Å². The molecule has 1 aromatic rings. The lowest BCUT2D eigenvalue weighted by molar-refractivity contribution is -0.145. The van der Waals surface area contributed by atoms with Crippen molar-refractivity contribution < 1.29 is 9.90 Å². The molecular weight excluding hydrogens is 200 g/mol. The van der Waals surface area contributed by atoms with Crippen LogP contribution in [0.25, 0.3) is 0 Å². The molecule has 3 rings (SSSR count). The fourth-order valence-electron chi connectivity index (χ4n) is 3.26. The van der Waals surface area contributed by atoms with E-state index in [0.29, 0.717) is 6.42 Å². The first-order valence-electron chi connectivity index (χ1n) is 5.72. The van der Waals surface area contributed by atoms with Gasteiger partial charge in [0.1, 0.15) is 0 Å².